The molecule has 254 valence electrons. The van der Waals surface area contributed by atoms with Crippen LogP contribution in [0.1, 0.15) is 50.8 Å². The maximum absolute atomic E-state index is 6.55. The van der Waals surface area contributed by atoms with E-state index in [4.69, 9.17) is 9.15 Å². The highest BCUT2D eigenvalue weighted by atomic mass is 32.1. The van der Waals surface area contributed by atoms with Crippen LogP contribution >= 0.6 is 11.3 Å². The van der Waals surface area contributed by atoms with Crippen LogP contribution in [0.4, 0.5) is 0 Å². The van der Waals surface area contributed by atoms with Gasteiger partial charge in [-0.05, 0) is 70.5 Å². The fourth-order valence-corrected chi connectivity index (χ4v) is 10.00. The van der Waals surface area contributed by atoms with Crippen molar-refractivity contribution in [3.05, 3.63) is 172 Å². The van der Waals surface area contributed by atoms with Crippen LogP contribution in [0.5, 0.6) is 5.75 Å². The Hall–Kier alpha value is -5.24. The molecule has 5 nitrogen and oxygen atoms in total. The monoisotopic (exact) mass is 695 g/mol. The molecule has 6 unspecified atom stereocenters. The fourth-order valence-electron chi connectivity index (χ4n) is 8.85. The molecule has 4 aliphatic rings. The van der Waals surface area contributed by atoms with E-state index in [1.165, 1.54) is 48.4 Å². The van der Waals surface area contributed by atoms with Crippen molar-refractivity contribution in [3.8, 4) is 5.75 Å². The van der Waals surface area contributed by atoms with E-state index in [1.807, 2.05) is 17.4 Å². The first-order valence-corrected chi connectivity index (χ1v) is 19.1. The molecular weight excluding hydrogens is 659 g/mol. The Morgan fingerprint density at radius 3 is 2.56 bits per heavy atom. The zero-order chi connectivity index (χ0) is 34.2. The molecule has 6 heteroatoms. The van der Waals surface area contributed by atoms with E-state index >= 15 is 0 Å². The lowest BCUT2D eigenvalue weighted by Gasteiger charge is -2.30. The van der Waals surface area contributed by atoms with E-state index in [0.29, 0.717) is 5.92 Å². The molecule has 3 N–H and O–H groups in total. The van der Waals surface area contributed by atoms with Crippen LogP contribution in [0.2, 0.25) is 0 Å². The third-order valence-electron chi connectivity index (χ3n) is 11.5. The molecule has 7 aromatic rings. The highest BCUT2D eigenvalue weighted by Gasteiger charge is 2.37. The van der Waals surface area contributed by atoms with Gasteiger partial charge in [-0.2, -0.15) is 0 Å². The van der Waals surface area contributed by atoms with Gasteiger partial charge >= 0.3 is 0 Å². The van der Waals surface area contributed by atoms with Crippen LogP contribution in [0.15, 0.2) is 144 Å². The number of thiophene rings is 1. The minimum absolute atomic E-state index is 0.0239. The van der Waals surface area contributed by atoms with Crippen molar-refractivity contribution in [2.75, 3.05) is 6.54 Å². The third kappa shape index (κ3) is 5.01. The Labute approximate surface area is 306 Å². The molecule has 0 bridgehead atoms. The summed E-state index contributed by atoms with van der Waals surface area (Å²) in [4.78, 5) is 1.39. The highest BCUT2D eigenvalue weighted by molar-refractivity contribution is 7.20. The largest absolute Gasteiger partial charge is 0.484 e. The van der Waals surface area contributed by atoms with E-state index in [2.05, 4.69) is 156 Å². The van der Waals surface area contributed by atoms with Crippen molar-refractivity contribution in [2.45, 2.75) is 36.8 Å². The Morgan fingerprint density at radius 2 is 1.60 bits per heavy atom. The smallest absolute Gasteiger partial charge is 0.135 e. The van der Waals surface area contributed by atoms with Gasteiger partial charge in [0.1, 0.15) is 23.0 Å². The molecule has 0 saturated carbocycles. The zero-order valence-corrected chi connectivity index (χ0v) is 29.3. The number of ether oxygens (including phenoxy) is 1. The van der Waals surface area contributed by atoms with Crippen LogP contribution in [0, 0.1) is 5.92 Å². The summed E-state index contributed by atoms with van der Waals surface area (Å²) in [5.74, 6) is 1.53. The van der Waals surface area contributed by atoms with Crippen molar-refractivity contribution < 1.29 is 9.15 Å². The number of fused-ring (bicyclic) bond motifs is 9. The van der Waals surface area contributed by atoms with Gasteiger partial charge in [-0.15, -0.1) is 11.3 Å². The summed E-state index contributed by atoms with van der Waals surface area (Å²) in [5.41, 5.74) is 9.33. The standard InChI is InChI=1S/C46H37N3O2S/c1-2-9-27(10-3-1)46-48-38(26-47-45(49-46)30-19-22-43-37(24-30)34-12-5-7-16-42(34)52-43)29-17-20-33-36-23-28(18-21-40(36)50-41(33)25-29)31-13-8-14-35-32-11-4-6-15-39(32)51-44(31)35/h1-23,25,30,35,38,44-49H,24,26H2. The summed E-state index contributed by atoms with van der Waals surface area (Å²) in [5, 5.41) is 15.5. The number of para-hydroxylation sites is 1. The van der Waals surface area contributed by atoms with E-state index in [9.17, 15) is 0 Å². The second kappa shape index (κ2) is 12.2. The summed E-state index contributed by atoms with van der Waals surface area (Å²) < 4.78 is 14.4. The van der Waals surface area contributed by atoms with Crippen molar-refractivity contribution in [1.82, 2.24) is 16.0 Å². The number of allylic oxidation sites excluding steroid dienone is 2. The molecule has 0 radical (unpaired) electrons. The summed E-state index contributed by atoms with van der Waals surface area (Å²) in [6.07, 6.45) is 12.4. The minimum atomic E-state index is -0.0280. The summed E-state index contributed by atoms with van der Waals surface area (Å²) in [6, 6.07) is 41.4. The molecule has 1 saturated heterocycles. The van der Waals surface area contributed by atoms with Gasteiger partial charge in [0, 0.05) is 55.9 Å². The predicted molar refractivity (Wildman–Crippen MR) is 212 cm³/mol. The van der Waals surface area contributed by atoms with Gasteiger partial charge in [0.05, 0.1) is 12.3 Å². The maximum Gasteiger partial charge on any atom is 0.135 e. The molecule has 5 aromatic carbocycles. The molecule has 2 aromatic heterocycles. The average molecular weight is 696 g/mol. The average Bonchev–Trinajstić information content (AvgIpc) is 3.83. The second-order valence-corrected chi connectivity index (χ2v) is 15.5. The van der Waals surface area contributed by atoms with Crippen molar-refractivity contribution in [2.24, 2.45) is 5.92 Å². The Bertz CT molecular complexity index is 2600. The first-order valence-electron chi connectivity index (χ1n) is 18.3. The van der Waals surface area contributed by atoms with Crippen molar-refractivity contribution in [1.29, 1.82) is 0 Å². The van der Waals surface area contributed by atoms with Crippen LogP contribution in [-0.4, -0.2) is 18.8 Å². The molecule has 52 heavy (non-hydrogen) atoms. The Balaban J connectivity index is 0.897. The van der Waals surface area contributed by atoms with Gasteiger partial charge in [-0.3, -0.25) is 16.0 Å². The molecule has 2 aliphatic carbocycles. The van der Waals surface area contributed by atoms with Crippen molar-refractivity contribution in [3.63, 3.8) is 0 Å². The zero-order valence-electron chi connectivity index (χ0n) is 28.5. The molecular formula is C46H37N3O2S. The summed E-state index contributed by atoms with van der Waals surface area (Å²) in [6.45, 7) is 0.783. The van der Waals surface area contributed by atoms with Crippen molar-refractivity contribution >= 4 is 55.0 Å². The molecule has 2 aliphatic heterocycles. The third-order valence-corrected chi connectivity index (χ3v) is 12.6. The quantitative estimate of drug-likeness (QED) is 0.171. The Kier molecular flexibility index (Phi) is 7.12. The summed E-state index contributed by atoms with van der Waals surface area (Å²) >= 11 is 1.90. The number of hydrogen-bond acceptors (Lipinski definition) is 6. The molecule has 11 rings (SSSR count). The second-order valence-electron chi connectivity index (χ2n) is 14.5. The van der Waals surface area contributed by atoms with Crippen LogP contribution in [-0.2, 0) is 6.42 Å². The number of nitrogens with one attached hydrogen (secondary N) is 3. The van der Waals surface area contributed by atoms with Gasteiger partial charge in [-0.1, -0.05) is 109 Å². The number of benzene rings is 5. The van der Waals surface area contributed by atoms with Gasteiger partial charge in [-0.25, -0.2) is 0 Å². The first-order chi connectivity index (χ1) is 25.7. The van der Waals surface area contributed by atoms with E-state index in [1.54, 1.807) is 0 Å². The number of hydrogen-bond donors (Lipinski definition) is 3. The molecule has 0 spiro atoms. The number of furan rings is 1. The predicted octanol–water partition coefficient (Wildman–Crippen LogP) is 10.0. The van der Waals surface area contributed by atoms with Gasteiger partial charge in [0.25, 0.3) is 0 Å². The fraction of sp³-hybridized carbons (Fsp3) is 0.174. The maximum atomic E-state index is 6.55. The van der Waals surface area contributed by atoms with Gasteiger partial charge in [0.15, 0.2) is 0 Å². The Morgan fingerprint density at radius 1 is 0.712 bits per heavy atom. The minimum Gasteiger partial charge on any atom is -0.484 e. The normalized spacial score (nSPS) is 25.0. The lowest BCUT2D eigenvalue weighted by Crippen LogP contribution is -2.48. The SMILES string of the molecule is C1=CC2c3ccccc3OC2C(c2ccc3oc4cc(C5CNC(C6C=Cc7sc8ccccc8c7C6)NC(c6ccccc6)N5)ccc4c3c2)=C1. The van der Waals surface area contributed by atoms with Crippen LogP contribution in [0.25, 0.3) is 43.7 Å². The van der Waals surface area contributed by atoms with Gasteiger partial charge in [0.2, 0.25) is 0 Å². The van der Waals surface area contributed by atoms with Gasteiger partial charge < -0.3 is 9.15 Å². The van der Waals surface area contributed by atoms with E-state index < -0.39 is 0 Å². The number of rotatable bonds is 4. The molecule has 1 fully saturated rings. The lowest BCUT2D eigenvalue weighted by atomic mass is 9.84. The van der Waals surface area contributed by atoms with Crippen LogP contribution < -0.4 is 20.7 Å². The van der Waals surface area contributed by atoms with Crippen LogP contribution in [0.3, 0.4) is 0 Å². The van der Waals surface area contributed by atoms with E-state index in [0.717, 1.165) is 40.7 Å². The summed E-state index contributed by atoms with van der Waals surface area (Å²) in [7, 11) is 0. The molecule has 6 atom stereocenters. The molecule has 4 heterocycles. The topological polar surface area (TPSA) is 58.5 Å². The lowest BCUT2D eigenvalue weighted by molar-refractivity contribution is 0.278. The molecule has 0 amide bonds. The highest BCUT2D eigenvalue weighted by Crippen LogP contribution is 2.46. The van der Waals surface area contributed by atoms with E-state index in [-0.39, 0.29) is 30.4 Å². The first kappa shape index (κ1) is 30.4.